The summed E-state index contributed by atoms with van der Waals surface area (Å²) in [5.74, 6) is -1.50. The van der Waals surface area contributed by atoms with Gasteiger partial charge in [0.25, 0.3) is 5.91 Å². The molecule has 1 amide bonds. The van der Waals surface area contributed by atoms with Crippen LogP contribution in [0.25, 0.3) is 0 Å². The number of rotatable bonds is 9. The van der Waals surface area contributed by atoms with Gasteiger partial charge >= 0.3 is 5.97 Å². The van der Waals surface area contributed by atoms with E-state index >= 15 is 0 Å². The van der Waals surface area contributed by atoms with E-state index in [1.165, 1.54) is 5.38 Å². The van der Waals surface area contributed by atoms with Crippen LogP contribution in [0.1, 0.15) is 26.7 Å². The minimum atomic E-state index is -1.14. The molecule has 1 aromatic heterocycles. The summed E-state index contributed by atoms with van der Waals surface area (Å²) in [6.07, 6.45) is 0.673. The number of carbonyl (C=O) groups excluding carboxylic acids is 1. The van der Waals surface area contributed by atoms with Crippen LogP contribution in [0.2, 0.25) is 0 Å². The van der Waals surface area contributed by atoms with Crippen molar-refractivity contribution in [2.24, 2.45) is 0 Å². The van der Waals surface area contributed by atoms with Gasteiger partial charge in [-0.25, -0.2) is 9.78 Å². The second-order valence-corrected chi connectivity index (χ2v) is 4.42. The van der Waals surface area contributed by atoms with Crippen molar-refractivity contribution in [3.8, 4) is 0 Å². The van der Waals surface area contributed by atoms with Crippen LogP contribution in [-0.2, 0) is 9.47 Å². The third-order valence-corrected chi connectivity index (χ3v) is 2.94. The lowest BCUT2D eigenvalue weighted by Gasteiger charge is -2.04. The van der Waals surface area contributed by atoms with E-state index in [2.05, 4.69) is 10.3 Å². The van der Waals surface area contributed by atoms with Crippen molar-refractivity contribution >= 4 is 23.2 Å². The summed E-state index contributed by atoms with van der Waals surface area (Å²) in [5.41, 5.74) is -0.113. The van der Waals surface area contributed by atoms with E-state index in [0.29, 0.717) is 32.8 Å². The van der Waals surface area contributed by atoms with Crippen LogP contribution in [0, 0.1) is 0 Å². The van der Waals surface area contributed by atoms with Crippen molar-refractivity contribution in [2.45, 2.75) is 6.42 Å². The number of ether oxygens (including phenoxy) is 2. The number of aromatic carboxylic acids is 1. The first-order valence-corrected chi connectivity index (χ1v) is 6.57. The van der Waals surface area contributed by atoms with Crippen LogP contribution < -0.4 is 5.32 Å². The van der Waals surface area contributed by atoms with E-state index in [1.54, 1.807) is 7.11 Å². The quantitative estimate of drug-likeness (QED) is 0.647. The van der Waals surface area contributed by atoms with Crippen molar-refractivity contribution in [1.82, 2.24) is 10.3 Å². The molecule has 0 saturated carbocycles. The predicted molar refractivity (Wildman–Crippen MR) is 68.7 cm³/mol. The molecule has 8 heteroatoms. The largest absolute Gasteiger partial charge is 0.476 e. The highest BCUT2D eigenvalue weighted by molar-refractivity contribution is 7.11. The van der Waals surface area contributed by atoms with Gasteiger partial charge in [-0.05, 0) is 6.42 Å². The average molecular weight is 288 g/mol. The normalized spacial score (nSPS) is 10.4. The SMILES string of the molecule is COCCOCCCNC(=O)c1nc(C(=O)O)cs1. The first kappa shape index (κ1) is 15.5. The smallest absolute Gasteiger partial charge is 0.355 e. The van der Waals surface area contributed by atoms with Gasteiger partial charge in [0.15, 0.2) is 10.7 Å². The van der Waals surface area contributed by atoms with E-state index in [1.807, 2.05) is 0 Å². The zero-order valence-electron chi connectivity index (χ0n) is 10.5. The van der Waals surface area contributed by atoms with Crippen molar-refractivity contribution in [2.75, 3.05) is 33.5 Å². The molecule has 0 aliphatic carbocycles. The van der Waals surface area contributed by atoms with Crippen molar-refractivity contribution < 1.29 is 24.2 Å². The summed E-state index contributed by atoms with van der Waals surface area (Å²) >= 11 is 1.01. The van der Waals surface area contributed by atoms with Gasteiger partial charge in [-0.1, -0.05) is 0 Å². The Morgan fingerprint density at radius 3 is 2.84 bits per heavy atom. The van der Waals surface area contributed by atoms with E-state index < -0.39 is 5.97 Å². The summed E-state index contributed by atoms with van der Waals surface area (Å²) in [5, 5.41) is 12.8. The van der Waals surface area contributed by atoms with Crippen LogP contribution in [0.5, 0.6) is 0 Å². The number of aromatic nitrogens is 1. The minimum Gasteiger partial charge on any atom is -0.476 e. The number of carboxylic acids is 1. The van der Waals surface area contributed by atoms with Crippen molar-refractivity contribution in [1.29, 1.82) is 0 Å². The zero-order chi connectivity index (χ0) is 14.1. The lowest BCUT2D eigenvalue weighted by molar-refractivity contribution is 0.0688. The lowest BCUT2D eigenvalue weighted by atomic mass is 10.4. The van der Waals surface area contributed by atoms with Crippen LogP contribution in [-0.4, -0.2) is 55.4 Å². The predicted octanol–water partition coefficient (Wildman–Crippen LogP) is 0.624. The molecule has 19 heavy (non-hydrogen) atoms. The molecule has 7 nitrogen and oxygen atoms in total. The van der Waals surface area contributed by atoms with Crippen LogP contribution in [0.3, 0.4) is 0 Å². The second kappa shape index (κ2) is 8.57. The Labute approximate surface area is 114 Å². The zero-order valence-corrected chi connectivity index (χ0v) is 11.4. The van der Waals surface area contributed by atoms with E-state index in [0.717, 1.165) is 11.3 Å². The van der Waals surface area contributed by atoms with Gasteiger partial charge in [0, 0.05) is 25.6 Å². The molecule has 0 atom stereocenters. The standard InChI is InChI=1S/C11H16N2O5S/c1-17-5-6-18-4-2-3-12-9(14)10-13-8(7-19-10)11(15)16/h7H,2-6H2,1H3,(H,12,14)(H,15,16). The third-order valence-electron chi connectivity index (χ3n) is 2.10. The molecule has 0 aliphatic rings. The Morgan fingerprint density at radius 1 is 1.42 bits per heavy atom. The molecule has 106 valence electrons. The number of nitrogens with one attached hydrogen (secondary N) is 1. The summed E-state index contributed by atoms with van der Waals surface area (Å²) in [6, 6.07) is 0. The van der Waals surface area contributed by atoms with Gasteiger partial charge in [-0.3, -0.25) is 4.79 Å². The van der Waals surface area contributed by atoms with Gasteiger partial charge < -0.3 is 19.9 Å². The Bertz CT molecular complexity index is 421. The summed E-state index contributed by atoms with van der Waals surface area (Å²) < 4.78 is 10.0. The Balaban J connectivity index is 2.18. The highest BCUT2D eigenvalue weighted by atomic mass is 32.1. The maximum Gasteiger partial charge on any atom is 0.355 e. The highest BCUT2D eigenvalue weighted by Crippen LogP contribution is 2.09. The molecule has 1 aromatic rings. The van der Waals surface area contributed by atoms with Gasteiger partial charge in [0.05, 0.1) is 13.2 Å². The molecular weight excluding hydrogens is 272 g/mol. The molecular formula is C11H16N2O5S. The van der Waals surface area contributed by atoms with Crippen molar-refractivity contribution in [3.63, 3.8) is 0 Å². The molecule has 1 rings (SSSR count). The third kappa shape index (κ3) is 5.77. The molecule has 0 bridgehead atoms. The molecule has 0 saturated heterocycles. The highest BCUT2D eigenvalue weighted by Gasteiger charge is 2.13. The van der Waals surface area contributed by atoms with E-state index in [-0.39, 0.29) is 16.6 Å². The molecule has 0 fully saturated rings. The Kier molecular flexibility index (Phi) is 7.01. The number of carboxylic acid groups (broad SMARTS) is 1. The molecule has 1 heterocycles. The molecule has 0 spiro atoms. The molecule has 0 radical (unpaired) electrons. The topological polar surface area (TPSA) is 97.8 Å². The van der Waals surface area contributed by atoms with Gasteiger partial charge in [-0.15, -0.1) is 11.3 Å². The maximum atomic E-state index is 11.6. The number of hydrogen-bond acceptors (Lipinski definition) is 6. The first-order valence-electron chi connectivity index (χ1n) is 5.69. The lowest BCUT2D eigenvalue weighted by Crippen LogP contribution is -2.25. The summed E-state index contributed by atoms with van der Waals surface area (Å²) in [7, 11) is 1.60. The summed E-state index contributed by atoms with van der Waals surface area (Å²) in [4.78, 5) is 25.9. The number of thiazole rings is 1. The maximum absolute atomic E-state index is 11.6. The van der Waals surface area contributed by atoms with E-state index in [4.69, 9.17) is 14.6 Å². The van der Waals surface area contributed by atoms with Gasteiger partial charge in [0.1, 0.15) is 0 Å². The fraction of sp³-hybridized carbons (Fsp3) is 0.545. The minimum absolute atomic E-state index is 0.113. The monoisotopic (exact) mass is 288 g/mol. The molecule has 2 N–H and O–H groups in total. The molecule has 0 aromatic carbocycles. The number of amides is 1. The second-order valence-electron chi connectivity index (χ2n) is 3.56. The number of carbonyl (C=O) groups is 2. The van der Waals surface area contributed by atoms with Gasteiger partial charge in [-0.2, -0.15) is 0 Å². The average Bonchev–Trinajstić information content (AvgIpc) is 2.87. The number of hydrogen-bond donors (Lipinski definition) is 2. The number of nitrogens with zero attached hydrogens (tertiary/aromatic N) is 1. The summed E-state index contributed by atoms with van der Waals surface area (Å²) in [6.45, 7) is 2.05. The van der Waals surface area contributed by atoms with Crippen LogP contribution in [0.15, 0.2) is 5.38 Å². The molecule has 0 aliphatic heterocycles. The number of methoxy groups -OCH3 is 1. The van der Waals surface area contributed by atoms with Crippen molar-refractivity contribution in [3.05, 3.63) is 16.1 Å². The fourth-order valence-corrected chi connectivity index (χ4v) is 1.88. The van der Waals surface area contributed by atoms with E-state index in [9.17, 15) is 9.59 Å². The van der Waals surface area contributed by atoms with Gasteiger partial charge in [0.2, 0.25) is 0 Å². The Morgan fingerprint density at radius 2 is 2.21 bits per heavy atom. The van der Waals surface area contributed by atoms with Crippen LogP contribution >= 0.6 is 11.3 Å². The molecule has 0 unspecified atom stereocenters. The van der Waals surface area contributed by atoms with Crippen LogP contribution in [0.4, 0.5) is 0 Å². The Hall–Kier alpha value is -1.51. The first-order chi connectivity index (χ1) is 9.15. The fourth-order valence-electron chi connectivity index (χ4n) is 1.17.